The fraction of sp³-hybridized carbons (Fsp3) is 0.476. The topological polar surface area (TPSA) is 93.3 Å². The summed E-state index contributed by atoms with van der Waals surface area (Å²) in [4.78, 5) is 20.3. The van der Waals surface area contributed by atoms with Gasteiger partial charge in [-0.05, 0) is 37.0 Å². The maximum absolute atomic E-state index is 13.3. The molecule has 5 rings (SSSR count). The summed E-state index contributed by atoms with van der Waals surface area (Å²) >= 11 is 0. The van der Waals surface area contributed by atoms with E-state index in [1.807, 2.05) is 29.8 Å². The third-order valence-corrected chi connectivity index (χ3v) is 7.62. The first-order valence-corrected chi connectivity index (χ1v) is 12.4. The summed E-state index contributed by atoms with van der Waals surface area (Å²) in [6.45, 7) is 3.02. The third kappa shape index (κ3) is 3.53. The Hall–Kier alpha value is -2.72. The lowest BCUT2D eigenvalue weighted by Gasteiger charge is -2.25. The highest BCUT2D eigenvalue weighted by Crippen LogP contribution is 2.29. The summed E-state index contributed by atoms with van der Waals surface area (Å²) in [5, 5.41) is 5.23. The lowest BCUT2D eigenvalue weighted by Crippen LogP contribution is -2.35. The van der Waals surface area contributed by atoms with E-state index in [0.717, 1.165) is 41.2 Å². The van der Waals surface area contributed by atoms with Gasteiger partial charge in [0.1, 0.15) is 11.3 Å². The quantitative estimate of drug-likeness (QED) is 0.601. The van der Waals surface area contributed by atoms with E-state index >= 15 is 0 Å². The molecule has 164 valence electrons. The van der Waals surface area contributed by atoms with Crippen LogP contribution in [0.1, 0.15) is 29.8 Å². The Morgan fingerprint density at radius 2 is 1.90 bits per heavy atom. The average Bonchev–Trinajstić information content (AvgIpc) is 3.37. The van der Waals surface area contributed by atoms with E-state index in [9.17, 15) is 13.2 Å². The third-order valence-electron chi connectivity index (χ3n) is 6.37. The van der Waals surface area contributed by atoms with Crippen LogP contribution in [0.2, 0.25) is 0 Å². The molecule has 10 heteroatoms. The normalized spacial score (nSPS) is 17.4. The van der Waals surface area contributed by atoms with Crippen LogP contribution >= 0.6 is 0 Å². The smallest absolute Gasteiger partial charge is 0.291 e. The summed E-state index contributed by atoms with van der Waals surface area (Å²) < 4.78 is 28.7. The molecule has 2 aliphatic rings. The standard InChI is InChI=1S/C21H26N6O3S/c1-24-18-14-26(31(2,29)30)11-8-16(18)17-12-22-27(21(28)20(17)24)13-15-6-5-7-19(23-15)25-9-3-4-10-25/h5-7,12H,3-4,8-11,13-14H2,1-2H3. The number of hydrogen-bond donors (Lipinski definition) is 0. The van der Waals surface area contributed by atoms with Crippen LogP contribution in [0.15, 0.2) is 29.2 Å². The Bertz CT molecular complexity index is 1320. The molecule has 9 nitrogen and oxygen atoms in total. The zero-order valence-electron chi connectivity index (χ0n) is 17.8. The zero-order valence-corrected chi connectivity index (χ0v) is 18.6. The lowest BCUT2D eigenvalue weighted by atomic mass is 10.1. The van der Waals surface area contributed by atoms with Crippen molar-refractivity contribution in [1.29, 1.82) is 0 Å². The van der Waals surface area contributed by atoms with E-state index in [4.69, 9.17) is 4.98 Å². The molecule has 2 aliphatic heterocycles. The summed E-state index contributed by atoms with van der Waals surface area (Å²) in [7, 11) is -1.46. The number of nitrogens with zero attached hydrogens (tertiary/aromatic N) is 6. The monoisotopic (exact) mass is 442 g/mol. The minimum absolute atomic E-state index is 0.186. The van der Waals surface area contributed by atoms with Gasteiger partial charge in [0.25, 0.3) is 5.56 Å². The van der Waals surface area contributed by atoms with Gasteiger partial charge in [0.05, 0.1) is 31.2 Å². The molecule has 3 aromatic rings. The number of anilines is 1. The molecule has 0 N–H and O–H groups in total. The molecule has 0 unspecified atom stereocenters. The number of rotatable bonds is 4. The molecule has 0 bridgehead atoms. The van der Waals surface area contributed by atoms with Crippen molar-refractivity contribution < 1.29 is 8.42 Å². The molecular weight excluding hydrogens is 416 g/mol. The van der Waals surface area contributed by atoms with Crippen LogP contribution < -0.4 is 10.5 Å². The van der Waals surface area contributed by atoms with Crippen molar-refractivity contribution >= 4 is 26.7 Å². The molecule has 31 heavy (non-hydrogen) atoms. The van der Waals surface area contributed by atoms with Crippen molar-refractivity contribution in [3.05, 3.63) is 51.7 Å². The Labute approximate surface area is 181 Å². The van der Waals surface area contributed by atoms with Crippen molar-refractivity contribution in [2.45, 2.75) is 32.4 Å². The predicted molar refractivity (Wildman–Crippen MR) is 119 cm³/mol. The minimum atomic E-state index is -3.28. The van der Waals surface area contributed by atoms with E-state index in [-0.39, 0.29) is 12.1 Å². The minimum Gasteiger partial charge on any atom is -0.357 e. The van der Waals surface area contributed by atoms with E-state index in [1.54, 1.807) is 6.20 Å². The molecule has 0 amide bonds. The van der Waals surface area contributed by atoms with E-state index in [0.29, 0.717) is 25.0 Å². The SMILES string of the molecule is Cn1c2c(c3cnn(Cc4cccc(N5CCCC5)n4)c(=O)c31)CCN(S(C)(=O)=O)C2. The second-order valence-corrected chi connectivity index (χ2v) is 10.4. The second-order valence-electron chi connectivity index (χ2n) is 8.38. The summed E-state index contributed by atoms with van der Waals surface area (Å²) in [5.74, 6) is 0.944. The van der Waals surface area contributed by atoms with Gasteiger partial charge in [0.2, 0.25) is 10.0 Å². The summed E-state index contributed by atoms with van der Waals surface area (Å²) in [6, 6.07) is 5.89. The van der Waals surface area contributed by atoms with Crippen molar-refractivity contribution in [3.63, 3.8) is 0 Å². The fourth-order valence-electron chi connectivity index (χ4n) is 4.71. The van der Waals surface area contributed by atoms with Gasteiger partial charge in [0.15, 0.2) is 0 Å². The number of hydrogen-bond acceptors (Lipinski definition) is 6. The number of fused-ring (bicyclic) bond motifs is 3. The molecule has 1 saturated heterocycles. The molecule has 0 aromatic carbocycles. The average molecular weight is 443 g/mol. The van der Waals surface area contributed by atoms with Crippen LogP contribution in [-0.2, 0) is 36.6 Å². The van der Waals surface area contributed by atoms with Gasteiger partial charge in [-0.2, -0.15) is 9.40 Å². The van der Waals surface area contributed by atoms with Gasteiger partial charge in [-0.1, -0.05) is 6.07 Å². The van der Waals surface area contributed by atoms with Crippen LogP contribution in [0, 0.1) is 0 Å². The molecule has 0 aliphatic carbocycles. The Morgan fingerprint density at radius 3 is 2.65 bits per heavy atom. The Morgan fingerprint density at radius 1 is 1.13 bits per heavy atom. The second kappa shape index (κ2) is 7.45. The molecular formula is C21H26N6O3S. The van der Waals surface area contributed by atoms with Gasteiger partial charge in [-0.3, -0.25) is 4.79 Å². The molecule has 1 fully saturated rings. The van der Waals surface area contributed by atoms with Gasteiger partial charge >= 0.3 is 0 Å². The van der Waals surface area contributed by atoms with E-state index in [1.165, 1.54) is 28.1 Å². The van der Waals surface area contributed by atoms with Gasteiger partial charge in [-0.25, -0.2) is 18.1 Å². The van der Waals surface area contributed by atoms with Gasteiger partial charge < -0.3 is 9.47 Å². The molecule has 0 spiro atoms. The van der Waals surface area contributed by atoms with Crippen LogP contribution in [0.25, 0.3) is 10.9 Å². The van der Waals surface area contributed by atoms with E-state index < -0.39 is 10.0 Å². The number of pyridine rings is 1. The highest BCUT2D eigenvalue weighted by atomic mass is 32.2. The number of sulfonamides is 1. The highest BCUT2D eigenvalue weighted by Gasteiger charge is 2.29. The number of aryl methyl sites for hydroxylation is 1. The van der Waals surface area contributed by atoms with Crippen molar-refractivity contribution in [2.24, 2.45) is 7.05 Å². The number of aromatic nitrogens is 4. The molecule has 5 heterocycles. The van der Waals surface area contributed by atoms with Crippen LogP contribution in [-0.4, -0.2) is 57.9 Å². The van der Waals surface area contributed by atoms with Gasteiger partial charge in [-0.15, -0.1) is 0 Å². The Balaban J connectivity index is 1.51. The van der Waals surface area contributed by atoms with Crippen LogP contribution in [0.4, 0.5) is 5.82 Å². The van der Waals surface area contributed by atoms with Gasteiger partial charge in [0, 0.05) is 37.8 Å². The van der Waals surface area contributed by atoms with Crippen LogP contribution in [0.3, 0.4) is 0 Å². The molecule has 0 saturated carbocycles. The van der Waals surface area contributed by atoms with E-state index in [2.05, 4.69) is 10.00 Å². The first-order chi connectivity index (χ1) is 14.8. The van der Waals surface area contributed by atoms with Crippen molar-refractivity contribution in [3.8, 4) is 0 Å². The molecule has 0 radical (unpaired) electrons. The predicted octanol–water partition coefficient (Wildman–Crippen LogP) is 1.10. The molecule has 0 atom stereocenters. The maximum Gasteiger partial charge on any atom is 0.291 e. The van der Waals surface area contributed by atoms with Crippen LogP contribution in [0.5, 0.6) is 0 Å². The largest absolute Gasteiger partial charge is 0.357 e. The summed E-state index contributed by atoms with van der Waals surface area (Å²) in [6.07, 6.45) is 5.88. The van der Waals surface area contributed by atoms with Crippen molar-refractivity contribution in [1.82, 2.24) is 23.6 Å². The first kappa shape index (κ1) is 20.2. The highest BCUT2D eigenvalue weighted by molar-refractivity contribution is 7.88. The lowest BCUT2D eigenvalue weighted by molar-refractivity contribution is 0.386. The summed E-state index contributed by atoms with van der Waals surface area (Å²) in [5.41, 5.74) is 3.04. The Kier molecular flexibility index (Phi) is 4.86. The molecule has 3 aromatic heterocycles. The fourth-order valence-corrected chi connectivity index (χ4v) is 5.49. The zero-order chi connectivity index (χ0) is 21.8. The maximum atomic E-state index is 13.3. The first-order valence-electron chi connectivity index (χ1n) is 10.5. The van der Waals surface area contributed by atoms with Crippen molar-refractivity contribution in [2.75, 3.05) is 30.8 Å².